The molecule has 2 aromatic heterocycles. The van der Waals surface area contributed by atoms with Gasteiger partial charge in [0, 0.05) is 43.7 Å². The first-order chi connectivity index (χ1) is 15.1. The molecule has 0 bridgehead atoms. The van der Waals surface area contributed by atoms with Gasteiger partial charge in [-0.3, -0.25) is 4.99 Å². The van der Waals surface area contributed by atoms with Gasteiger partial charge in [-0.15, -0.1) is 0 Å². The van der Waals surface area contributed by atoms with E-state index in [0.29, 0.717) is 6.04 Å². The van der Waals surface area contributed by atoms with Crippen LogP contribution in [0.15, 0.2) is 35.3 Å². The number of anilines is 1. The number of hydrogen-bond donors (Lipinski definition) is 1. The highest BCUT2D eigenvalue weighted by molar-refractivity contribution is 7.22. The third-order valence-electron chi connectivity index (χ3n) is 6.48. The van der Waals surface area contributed by atoms with Gasteiger partial charge < -0.3 is 10.2 Å². The molecule has 1 aromatic carbocycles. The predicted molar refractivity (Wildman–Crippen MR) is 133 cm³/mol. The number of aromatic nitrogens is 2. The second kappa shape index (κ2) is 8.21. The highest BCUT2D eigenvalue weighted by Crippen LogP contribution is 2.39. The first-order valence-corrected chi connectivity index (χ1v) is 11.6. The van der Waals surface area contributed by atoms with E-state index in [0.717, 1.165) is 74.5 Å². The molecule has 2 aliphatic heterocycles. The summed E-state index contributed by atoms with van der Waals surface area (Å²) < 4.78 is 1.11. The molecule has 2 fully saturated rings. The van der Waals surface area contributed by atoms with Crippen LogP contribution in [0.25, 0.3) is 27.0 Å². The molecule has 2 saturated heterocycles. The predicted octanol–water partition coefficient (Wildman–Crippen LogP) is 3.36. The number of fused-ring (bicyclic) bond motifs is 2. The molecule has 7 heteroatoms. The Kier molecular flexibility index (Phi) is 5.40. The van der Waals surface area contributed by atoms with Crippen molar-refractivity contribution in [3.05, 3.63) is 41.6 Å². The molecule has 2 radical (unpaired) electrons. The van der Waals surface area contributed by atoms with Crippen LogP contribution in [0.5, 0.6) is 0 Å². The Labute approximate surface area is 188 Å². The molecule has 0 spiro atoms. The largest absolute Gasteiger partial charge is 0.343 e. The second-order valence-electron chi connectivity index (χ2n) is 8.35. The van der Waals surface area contributed by atoms with E-state index >= 15 is 0 Å². The Hall–Kier alpha value is -2.51. The van der Waals surface area contributed by atoms with Gasteiger partial charge in [-0.25, -0.2) is 4.98 Å². The van der Waals surface area contributed by atoms with Gasteiger partial charge in [0.1, 0.15) is 7.85 Å². The van der Waals surface area contributed by atoms with Gasteiger partial charge in [0.15, 0.2) is 10.8 Å². The van der Waals surface area contributed by atoms with Crippen molar-refractivity contribution < 1.29 is 0 Å². The van der Waals surface area contributed by atoms with Crippen LogP contribution in [0.4, 0.5) is 5.13 Å². The fraction of sp³-hybridized carbons (Fsp3) is 0.375. The lowest BCUT2D eigenvalue weighted by Gasteiger charge is -2.50. The summed E-state index contributed by atoms with van der Waals surface area (Å²) in [6.07, 6.45) is 5.16. The van der Waals surface area contributed by atoms with E-state index in [9.17, 15) is 0 Å². The Morgan fingerprint density at radius 1 is 1.29 bits per heavy atom. The molecule has 5 rings (SSSR count). The number of hydrogen-bond acceptors (Lipinski definition) is 6. The zero-order valence-corrected chi connectivity index (χ0v) is 19.0. The third kappa shape index (κ3) is 3.60. The number of aliphatic imine (C=N–C) groups is 1. The maximum atomic E-state index is 6.49. The number of nitrogens with zero attached hydrogens (tertiary/aromatic N) is 4. The Balaban J connectivity index is 1.48. The summed E-state index contributed by atoms with van der Waals surface area (Å²) >= 11 is 1.74. The number of allylic oxidation sites excluding steroid dienone is 2. The van der Waals surface area contributed by atoms with E-state index in [2.05, 4.69) is 33.4 Å². The minimum Gasteiger partial charge on any atom is -0.343 e. The van der Waals surface area contributed by atoms with Crippen molar-refractivity contribution in [3.8, 4) is 11.1 Å². The molecule has 31 heavy (non-hydrogen) atoms. The summed E-state index contributed by atoms with van der Waals surface area (Å²) in [6, 6.07) is 8.98. The average Bonchev–Trinajstić information content (AvgIpc) is 3.14. The fourth-order valence-electron chi connectivity index (χ4n) is 4.72. The Morgan fingerprint density at radius 2 is 2.16 bits per heavy atom. The summed E-state index contributed by atoms with van der Waals surface area (Å²) in [4.78, 5) is 16.3. The molecule has 2 atom stereocenters. The Bertz CT molecular complexity index is 1200. The summed E-state index contributed by atoms with van der Waals surface area (Å²) in [5, 5.41) is 4.60. The normalized spacial score (nSPS) is 21.5. The zero-order valence-electron chi connectivity index (χ0n) is 18.2. The van der Waals surface area contributed by atoms with Crippen LogP contribution in [-0.4, -0.2) is 56.8 Å². The lowest BCUT2D eigenvalue weighted by molar-refractivity contribution is 0.229. The molecule has 2 unspecified atom stereocenters. The van der Waals surface area contributed by atoms with Crippen LogP contribution in [0, 0.1) is 12.8 Å². The molecule has 0 amide bonds. The molecular weight excluding hydrogens is 401 g/mol. The van der Waals surface area contributed by atoms with Crippen molar-refractivity contribution >= 4 is 51.9 Å². The smallest absolute Gasteiger partial charge is 0.188 e. The minimum atomic E-state index is 0.575. The Morgan fingerprint density at radius 3 is 2.90 bits per heavy atom. The minimum absolute atomic E-state index is 0.575. The monoisotopic (exact) mass is 427 g/mol. The van der Waals surface area contributed by atoms with Crippen LogP contribution in [0.2, 0.25) is 0 Å². The molecule has 5 nitrogen and oxygen atoms in total. The van der Waals surface area contributed by atoms with Crippen LogP contribution in [-0.2, 0) is 0 Å². The number of aryl methyl sites for hydroxylation is 1. The second-order valence-corrected chi connectivity index (χ2v) is 9.35. The molecular formula is C24H26BN5S. The molecule has 156 valence electrons. The van der Waals surface area contributed by atoms with Crippen LogP contribution in [0.1, 0.15) is 24.6 Å². The molecule has 1 N–H and O–H groups in total. The highest BCUT2D eigenvalue weighted by Gasteiger charge is 2.41. The highest BCUT2D eigenvalue weighted by atomic mass is 32.1. The summed E-state index contributed by atoms with van der Waals surface area (Å²) in [5.74, 6) is 0.802. The van der Waals surface area contributed by atoms with Gasteiger partial charge >= 0.3 is 0 Å². The summed E-state index contributed by atoms with van der Waals surface area (Å²) in [7, 11) is 8.26. The van der Waals surface area contributed by atoms with Crippen molar-refractivity contribution in [2.24, 2.45) is 10.9 Å². The number of thiazole rings is 1. The van der Waals surface area contributed by atoms with E-state index in [1.54, 1.807) is 18.4 Å². The summed E-state index contributed by atoms with van der Waals surface area (Å²) in [6.45, 7) is 7.35. The van der Waals surface area contributed by atoms with Gasteiger partial charge in [0.25, 0.3) is 0 Å². The average molecular weight is 427 g/mol. The molecule has 3 aromatic rings. The molecule has 2 aliphatic rings. The van der Waals surface area contributed by atoms with Gasteiger partial charge in [0.05, 0.1) is 4.70 Å². The van der Waals surface area contributed by atoms with Gasteiger partial charge in [-0.2, -0.15) is 4.98 Å². The van der Waals surface area contributed by atoms with Crippen molar-refractivity contribution in [2.75, 3.05) is 31.6 Å². The van der Waals surface area contributed by atoms with Crippen LogP contribution in [0.3, 0.4) is 0 Å². The SMILES string of the molecule is [B]c1cc(/C(C=NC)=C/C)ccc1-c1cc2sc(N3CC4CCNCC43)nc2nc1C. The van der Waals surface area contributed by atoms with Gasteiger partial charge in [0.2, 0.25) is 0 Å². The van der Waals surface area contributed by atoms with E-state index in [1.165, 1.54) is 6.42 Å². The first kappa shape index (κ1) is 20.4. The zero-order chi connectivity index (χ0) is 21.5. The quantitative estimate of drug-likeness (QED) is 0.513. The maximum Gasteiger partial charge on any atom is 0.188 e. The first-order valence-electron chi connectivity index (χ1n) is 10.8. The van der Waals surface area contributed by atoms with Crippen LogP contribution < -0.4 is 15.7 Å². The van der Waals surface area contributed by atoms with Crippen molar-refractivity contribution in [3.63, 3.8) is 0 Å². The lowest BCUT2D eigenvalue weighted by atomic mass is 9.84. The number of nitrogens with one attached hydrogen (secondary N) is 1. The third-order valence-corrected chi connectivity index (χ3v) is 7.51. The van der Waals surface area contributed by atoms with E-state index in [-0.39, 0.29) is 0 Å². The standard InChI is InChI=1S/C24H26BN5S/c1-4-15(11-26-3)16-5-6-18(20(25)9-16)19-10-22-23(28-14(19)2)29-24(31-22)30-13-17-7-8-27-12-21(17)30/h4-6,9-11,17,21,27H,7-8,12-13H2,1-3H3/b15-4+,26-11?. The summed E-state index contributed by atoms with van der Waals surface area (Å²) in [5.41, 5.74) is 6.73. The van der Waals surface area contributed by atoms with Crippen LogP contribution >= 0.6 is 11.3 Å². The van der Waals surface area contributed by atoms with Gasteiger partial charge in [-0.05, 0) is 55.5 Å². The number of benzene rings is 1. The fourth-order valence-corrected chi connectivity index (χ4v) is 5.74. The molecule has 0 aliphatic carbocycles. The van der Waals surface area contributed by atoms with Crippen molar-refractivity contribution in [1.82, 2.24) is 15.3 Å². The number of pyridine rings is 1. The number of piperidine rings is 1. The van der Waals surface area contributed by atoms with Gasteiger partial charge in [-0.1, -0.05) is 41.1 Å². The van der Waals surface area contributed by atoms with Crippen molar-refractivity contribution in [1.29, 1.82) is 0 Å². The van der Waals surface area contributed by atoms with Crippen molar-refractivity contribution in [2.45, 2.75) is 26.3 Å². The lowest BCUT2D eigenvalue weighted by Crippen LogP contribution is -2.63. The topological polar surface area (TPSA) is 53.4 Å². The maximum absolute atomic E-state index is 6.49. The van der Waals surface area contributed by atoms with E-state index in [1.807, 2.05) is 32.2 Å². The van der Waals surface area contributed by atoms with E-state index in [4.69, 9.17) is 17.8 Å². The van der Waals surface area contributed by atoms with E-state index < -0.39 is 0 Å². The molecule has 4 heterocycles. The number of rotatable bonds is 4. The molecule has 0 saturated carbocycles.